The molecule has 2 heteroatoms. The van der Waals surface area contributed by atoms with Gasteiger partial charge in [-0.05, 0) is 41.5 Å². The van der Waals surface area contributed by atoms with Crippen LogP contribution in [0, 0.1) is 17.3 Å². The molecule has 4 rings (SSSR count). The number of esters is 1. The summed E-state index contributed by atoms with van der Waals surface area (Å²) >= 11 is 0. The van der Waals surface area contributed by atoms with Crippen LogP contribution in [-0.4, -0.2) is 12.1 Å². The number of cyclic esters (lactones) is 1. The normalized spacial score (nSPS) is 30.0. The molecule has 2 aromatic rings. The maximum absolute atomic E-state index is 12.7. The molecule has 2 fully saturated rings. The topological polar surface area (TPSA) is 26.3 Å². The fourth-order valence-electron chi connectivity index (χ4n) is 4.76. The molecule has 120 valence electrons. The minimum atomic E-state index is -0.280. The standard InChI is InChI=1S/C21H24O2/c1-14(2)19-18-8-5-11-21(18,20(22)23-19)13-15-9-10-16-6-3-4-7-17(16)12-15/h3-4,6-7,9-10,12,14,18-19H,5,8,11,13H2,1-2H3/t18-,19-,21+/m0/s1. The number of fused-ring (bicyclic) bond motifs is 2. The monoisotopic (exact) mass is 308 g/mol. The predicted octanol–water partition coefficient (Wildman–Crippen LogP) is 4.75. The van der Waals surface area contributed by atoms with Crippen molar-refractivity contribution in [1.29, 1.82) is 0 Å². The summed E-state index contributed by atoms with van der Waals surface area (Å²) in [6.07, 6.45) is 4.18. The predicted molar refractivity (Wildman–Crippen MR) is 92.1 cm³/mol. The maximum atomic E-state index is 12.7. The first-order valence-electron chi connectivity index (χ1n) is 8.79. The minimum Gasteiger partial charge on any atom is -0.461 e. The summed E-state index contributed by atoms with van der Waals surface area (Å²) in [5.41, 5.74) is 0.981. The van der Waals surface area contributed by atoms with Gasteiger partial charge in [-0.3, -0.25) is 4.79 Å². The average Bonchev–Trinajstić information content (AvgIpc) is 3.06. The van der Waals surface area contributed by atoms with Crippen LogP contribution in [0.3, 0.4) is 0 Å². The average molecular weight is 308 g/mol. The van der Waals surface area contributed by atoms with Gasteiger partial charge in [-0.15, -0.1) is 0 Å². The highest BCUT2D eigenvalue weighted by atomic mass is 16.6. The van der Waals surface area contributed by atoms with Gasteiger partial charge in [0.15, 0.2) is 0 Å². The van der Waals surface area contributed by atoms with Crippen molar-refractivity contribution in [1.82, 2.24) is 0 Å². The van der Waals surface area contributed by atoms with Crippen LogP contribution in [0.25, 0.3) is 10.8 Å². The minimum absolute atomic E-state index is 0.0480. The summed E-state index contributed by atoms with van der Waals surface area (Å²) in [7, 11) is 0. The molecule has 0 aromatic heterocycles. The fraction of sp³-hybridized carbons (Fsp3) is 0.476. The van der Waals surface area contributed by atoms with E-state index in [4.69, 9.17) is 4.74 Å². The third-order valence-corrected chi connectivity index (χ3v) is 5.88. The second kappa shape index (κ2) is 5.36. The molecular formula is C21H24O2. The molecule has 1 aliphatic heterocycles. The molecule has 1 aliphatic carbocycles. The third kappa shape index (κ3) is 2.27. The van der Waals surface area contributed by atoms with Gasteiger partial charge in [0.1, 0.15) is 6.10 Å². The molecular weight excluding hydrogens is 284 g/mol. The van der Waals surface area contributed by atoms with Crippen molar-refractivity contribution >= 4 is 16.7 Å². The molecule has 0 unspecified atom stereocenters. The van der Waals surface area contributed by atoms with Crippen LogP contribution in [0.5, 0.6) is 0 Å². The summed E-state index contributed by atoms with van der Waals surface area (Å²) in [6.45, 7) is 4.34. The van der Waals surface area contributed by atoms with E-state index in [1.807, 2.05) is 0 Å². The third-order valence-electron chi connectivity index (χ3n) is 5.88. The van der Waals surface area contributed by atoms with Crippen molar-refractivity contribution in [3.8, 4) is 0 Å². The second-order valence-corrected chi connectivity index (χ2v) is 7.63. The number of rotatable bonds is 3. The van der Waals surface area contributed by atoms with Gasteiger partial charge in [0, 0.05) is 5.92 Å². The summed E-state index contributed by atoms with van der Waals surface area (Å²) < 4.78 is 5.81. The van der Waals surface area contributed by atoms with Crippen molar-refractivity contribution in [2.45, 2.75) is 45.6 Å². The Morgan fingerprint density at radius 2 is 1.96 bits per heavy atom. The van der Waals surface area contributed by atoms with Crippen LogP contribution >= 0.6 is 0 Å². The Morgan fingerprint density at radius 3 is 2.74 bits per heavy atom. The fourth-order valence-corrected chi connectivity index (χ4v) is 4.76. The van der Waals surface area contributed by atoms with Crippen molar-refractivity contribution in [2.75, 3.05) is 0 Å². The molecule has 2 aromatic carbocycles. The first-order valence-corrected chi connectivity index (χ1v) is 8.79. The Bertz CT molecular complexity index is 748. The number of hydrogen-bond acceptors (Lipinski definition) is 2. The summed E-state index contributed by atoms with van der Waals surface area (Å²) in [5, 5.41) is 2.51. The molecule has 0 amide bonds. The highest BCUT2D eigenvalue weighted by Gasteiger charge is 2.59. The zero-order valence-corrected chi connectivity index (χ0v) is 13.9. The molecule has 1 saturated heterocycles. The molecule has 1 saturated carbocycles. The molecule has 3 atom stereocenters. The Labute approximate surface area is 137 Å². The number of carbonyl (C=O) groups is 1. The van der Waals surface area contributed by atoms with Crippen LogP contribution in [0.2, 0.25) is 0 Å². The molecule has 23 heavy (non-hydrogen) atoms. The van der Waals surface area contributed by atoms with E-state index in [-0.39, 0.29) is 17.5 Å². The van der Waals surface area contributed by atoms with Crippen LogP contribution < -0.4 is 0 Å². The molecule has 2 nitrogen and oxygen atoms in total. The Kier molecular flexibility index (Phi) is 3.44. The summed E-state index contributed by atoms with van der Waals surface area (Å²) in [5.74, 6) is 0.842. The lowest BCUT2D eigenvalue weighted by Gasteiger charge is -2.27. The Balaban J connectivity index is 1.69. The second-order valence-electron chi connectivity index (χ2n) is 7.63. The highest BCUT2D eigenvalue weighted by Crippen LogP contribution is 2.54. The van der Waals surface area contributed by atoms with Gasteiger partial charge in [0.25, 0.3) is 0 Å². The summed E-state index contributed by atoms with van der Waals surface area (Å²) in [4.78, 5) is 12.7. The van der Waals surface area contributed by atoms with Crippen molar-refractivity contribution in [3.05, 3.63) is 48.0 Å². The van der Waals surface area contributed by atoms with Gasteiger partial charge in [-0.25, -0.2) is 0 Å². The zero-order valence-electron chi connectivity index (χ0n) is 13.9. The van der Waals surface area contributed by atoms with E-state index in [0.717, 1.165) is 25.7 Å². The van der Waals surface area contributed by atoms with Gasteiger partial charge in [0.05, 0.1) is 5.41 Å². The SMILES string of the molecule is CC(C)[C@@H]1OC(=O)[C@@]2(Cc3ccc4ccccc4c3)CCC[C@@H]12. The van der Waals surface area contributed by atoms with Crippen LogP contribution in [0.4, 0.5) is 0 Å². The highest BCUT2D eigenvalue weighted by molar-refractivity contribution is 5.84. The quantitative estimate of drug-likeness (QED) is 0.765. The van der Waals surface area contributed by atoms with Crippen LogP contribution in [0.15, 0.2) is 42.5 Å². The lowest BCUT2D eigenvalue weighted by Crippen LogP contribution is -2.33. The lowest BCUT2D eigenvalue weighted by atomic mass is 9.71. The largest absolute Gasteiger partial charge is 0.461 e. The Hall–Kier alpha value is -1.83. The van der Waals surface area contributed by atoms with E-state index >= 15 is 0 Å². The number of hydrogen-bond donors (Lipinski definition) is 0. The van der Waals surface area contributed by atoms with E-state index in [2.05, 4.69) is 56.3 Å². The molecule has 0 N–H and O–H groups in total. The number of carbonyl (C=O) groups excluding carboxylic acids is 1. The molecule has 1 heterocycles. The van der Waals surface area contributed by atoms with E-state index in [9.17, 15) is 4.79 Å². The van der Waals surface area contributed by atoms with Gasteiger partial charge in [-0.1, -0.05) is 62.7 Å². The summed E-state index contributed by atoms with van der Waals surface area (Å²) in [6, 6.07) is 15.0. The van der Waals surface area contributed by atoms with Crippen molar-refractivity contribution in [3.63, 3.8) is 0 Å². The molecule has 2 aliphatic rings. The van der Waals surface area contributed by atoms with E-state index in [1.165, 1.54) is 16.3 Å². The van der Waals surface area contributed by atoms with Crippen LogP contribution in [-0.2, 0) is 16.0 Å². The molecule has 0 bridgehead atoms. The van der Waals surface area contributed by atoms with Gasteiger partial charge >= 0.3 is 5.97 Å². The van der Waals surface area contributed by atoms with Gasteiger partial charge in [-0.2, -0.15) is 0 Å². The first kappa shape index (κ1) is 14.7. The molecule has 0 spiro atoms. The lowest BCUT2D eigenvalue weighted by molar-refractivity contribution is -0.150. The maximum Gasteiger partial charge on any atom is 0.313 e. The Morgan fingerprint density at radius 1 is 1.17 bits per heavy atom. The van der Waals surface area contributed by atoms with Crippen molar-refractivity contribution < 1.29 is 9.53 Å². The van der Waals surface area contributed by atoms with E-state index in [0.29, 0.717) is 11.8 Å². The molecule has 0 radical (unpaired) electrons. The van der Waals surface area contributed by atoms with E-state index < -0.39 is 0 Å². The van der Waals surface area contributed by atoms with Gasteiger partial charge in [0.2, 0.25) is 0 Å². The number of ether oxygens (including phenoxy) is 1. The van der Waals surface area contributed by atoms with Crippen LogP contribution in [0.1, 0.15) is 38.7 Å². The van der Waals surface area contributed by atoms with Gasteiger partial charge < -0.3 is 4.74 Å². The van der Waals surface area contributed by atoms with Crippen molar-refractivity contribution in [2.24, 2.45) is 17.3 Å². The zero-order chi connectivity index (χ0) is 16.0. The first-order chi connectivity index (χ1) is 11.1. The van der Waals surface area contributed by atoms with E-state index in [1.54, 1.807) is 0 Å². The number of benzene rings is 2. The smallest absolute Gasteiger partial charge is 0.313 e.